The zero-order chi connectivity index (χ0) is 23.3. The van der Waals surface area contributed by atoms with Crippen molar-refractivity contribution in [3.05, 3.63) is 94.5 Å². The summed E-state index contributed by atoms with van der Waals surface area (Å²) < 4.78 is 32.2. The lowest BCUT2D eigenvalue weighted by Crippen LogP contribution is -2.30. The zero-order valence-corrected chi connectivity index (χ0v) is 19.2. The molecule has 0 spiro atoms. The fourth-order valence-electron chi connectivity index (χ4n) is 3.13. The molecule has 6 nitrogen and oxygen atoms in total. The first-order valence-electron chi connectivity index (χ1n) is 9.99. The number of sulfonamides is 1. The standard InChI is InChI=1S/C24H22ClNO5S/c1-3-26(4-2)32(29,30)20-14-15-22(25)21(16-20)24(28)31-19-12-10-18(11-13-19)23(27)17-8-6-5-7-9-17/h5-16H,3-4H2,1-2H3. The number of hydrogen-bond acceptors (Lipinski definition) is 5. The third-order valence-corrected chi connectivity index (χ3v) is 7.24. The van der Waals surface area contributed by atoms with Crippen molar-refractivity contribution in [2.45, 2.75) is 18.7 Å². The van der Waals surface area contributed by atoms with Gasteiger partial charge in [0.05, 0.1) is 15.5 Å². The summed E-state index contributed by atoms with van der Waals surface area (Å²) in [7, 11) is -3.76. The van der Waals surface area contributed by atoms with Crippen LogP contribution in [0.1, 0.15) is 40.1 Å². The number of ether oxygens (including phenoxy) is 1. The molecular weight excluding hydrogens is 450 g/mol. The minimum Gasteiger partial charge on any atom is -0.423 e. The molecule has 0 atom stereocenters. The third kappa shape index (κ3) is 5.07. The molecule has 0 heterocycles. The van der Waals surface area contributed by atoms with E-state index in [-0.39, 0.29) is 27.0 Å². The van der Waals surface area contributed by atoms with Crippen LogP contribution in [0.15, 0.2) is 77.7 Å². The van der Waals surface area contributed by atoms with E-state index in [1.165, 1.54) is 34.6 Å². The average molecular weight is 472 g/mol. The quantitative estimate of drug-likeness (QED) is 0.267. The Labute approximate surface area is 192 Å². The lowest BCUT2D eigenvalue weighted by atomic mass is 10.0. The molecule has 0 unspecified atom stereocenters. The molecule has 3 aromatic carbocycles. The number of carbonyl (C=O) groups is 2. The lowest BCUT2D eigenvalue weighted by molar-refractivity contribution is 0.0734. The Hall–Kier alpha value is -3.00. The summed E-state index contributed by atoms with van der Waals surface area (Å²) in [5.41, 5.74) is 0.931. The molecule has 8 heteroatoms. The van der Waals surface area contributed by atoms with E-state index in [0.717, 1.165) is 0 Å². The first-order valence-corrected chi connectivity index (χ1v) is 11.8. The fraction of sp³-hybridized carbons (Fsp3) is 0.167. The van der Waals surface area contributed by atoms with Crippen molar-refractivity contribution in [2.75, 3.05) is 13.1 Å². The van der Waals surface area contributed by atoms with Crippen LogP contribution in [0.25, 0.3) is 0 Å². The molecule has 0 saturated heterocycles. The Morgan fingerprint density at radius 3 is 2.06 bits per heavy atom. The van der Waals surface area contributed by atoms with Crippen LogP contribution in [0, 0.1) is 0 Å². The molecule has 0 saturated carbocycles. The highest BCUT2D eigenvalue weighted by atomic mass is 35.5. The van der Waals surface area contributed by atoms with Crippen LogP contribution in [-0.2, 0) is 10.0 Å². The van der Waals surface area contributed by atoms with Crippen molar-refractivity contribution in [1.29, 1.82) is 0 Å². The van der Waals surface area contributed by atoms with Crippen molar-refractivity contribution in [3.63, 3.8) is 0 Å². The van der Waals surface area contributed by atoms with Gasteiger partial charge in [-0.05, 0) is 42.5 Å². The van der Waals surface area contributed by atoms with Crippen LogP contribution < -0.4 is 4.74 Å². The molecule has 0 amide bonds. The number of hydrogen-bond donors (Lipinski definition) is 0. The van der Waals surface area contributed by atoms with Gasteiger partial charge in [-0.2, -0.15) is 4.31 Å². The summed E-state index contributed by atoms with van der Waals surface area (Å²) in [6, 6.07) is 18.9. The van der Waals surface area contributed by atoms with Crippen molar-refractivity contribution in [1.82, 2.24) is 4.31 Å². The molecular formula is C24H22ClNO5S. The van der Waals surface area contributed by atoms with E-state index < -0.39 is 16.0 Å². The van der Waals surface area contributed by atoms with Gasteiger partial charge in [0, 0.05) is 24.2 Å². The summed E-state index contributed by atoms with van der Waals surface area (Å²) in [4.78, 5) is 25.1. The Morgan fingerprint density at radius 2 is 1.47 bits per heavy atom. The van der Waals surface area contributed by atoms with Crippen LogP contribution in [0.5, 0.6) is 5.75 Å². The van der Waals surface area contributed by atoms with Crippen LogP contribution in [0.4, 0.5) is 0 Å². The van der Waals surface area contributed by atoms with Crippen LogP contribution in [0.2, 0.25) is 5.02 Å². The average Bonchev–Trinajstić information content (AvgIpc) is 2.80. The minimum atomic E-state index is -3.76. The summed E-state index contributed by atoms with van der Waals surface area (Å²) >= 11 is 6.14. The number of nitrogens with zero attached hydrogens (tertiary/aromatic N) is 1. The Bertz CT molecular complexity index is 1220. The first-order chi connectivity index (χ1) is 15.3. The molecule has 0 aliphatic carbocycles. The van der Waals surface area contributed by atoms with Crippen molar-refractivity contribution < 1.29 is 22.7 Å². The molecule has 3 rings (SSSR count). The molecule has 0 aromatic heterocycles. The minimum absolute atomic E-state index is 0.0404. The molecule has 0 fully saturated rings. The summed E-state index contributed by atoms with van der Waals surface area (Å²) in [5.74, 6) is -0.748. The maximum atomic E-state index is 12.8. The molecule has 0 bridgehead atoms. The van der Waals surface area contributed by atoms with Gasteiger partial charge in [0.15, 0.2) is 5.78 Å². The van der Waals surface area contributed by atoms with Gasteiger partial charge < -0.3 is 4.74 Å². The number of halogens is 1. The summed E-state index contributed by atoms with van der Waals surface area (Å²) in [6.45, 7) is 4.07. The highest BCUT2D eigenvalue weighted by molar-refractivity contribution is 7.89. The van der Waals surface area contributed by atoms with Crippen LogP contribution in [-0.4, -0.2) is 37.6 Å². The molecule has 166 valence electrons. The Balaban J connectivity index is 1.81. The predicted octanol–water partition coefficient (Wildman–Crippen LogP) is 4.82. The van der Waals surface area contributed by atoms with E-state index in [1.807, 2.05) is 6.07 Å². The highest BCUT2D eigenvalue weighted by Crippen LogP contribution is 2.25. The van der Waals surface area contributed by atoms with Crippen LogP contribution in [0.3, 0.4) is 0 Å². The van der Waals surface area contributed by atoms with Gasteiger partial charge in [-0.1, -0.05) is 55.8 Å². The second-order valence-corrected chi connectivity index (χ2v) is 9.19. The van der Waals surface area contributed by atoms with Crippen LogP contribution >= 0.6 is 11.6 Å². The van der Waals surface area contributed by atoms with Gasteiger partial charge in [0.2, 0.25) is 10.0 Å². The van der Waals surface area contributed by atoms with E-state index >= 15 is 0 Å². The number of ketones is 1. The topological polar surface area (TPSA) is 80.8 Å². The van der Waals surface area contributed by atoms with Gasteiger partial charge in [0.25, 0.3) is 0 Å². The second kappa shape index (κ2) is 10.1. The van der Waals surface area contributed by atoms with Crippen molar-refractivity contribution in [2.24, 2.45) is 0 Å². The van der Waals surface area contributed by atoms with E-state index in [4.69, 9.17) is 16.3 Å². The molecule has 0 radical (unpaired) electrons. The Morgan fingerprint density at radius 1 is 0.875 bits per heavy atom. The van der Waals surface area contributed by atoms with E-state index in [2.05, 4.69) is 0 Å². The summed E-state index contributed by atoms with van der Waals surface area (Å²) in [6.07, 6.45) is 0. The number of carbonyl (C=O) groups excluding carboxylic acids is 2. The number of esters is 1. The van der Waals surface area contributed by atoms with Gasteiger partial charge in [-0.25, -0.2) is 13.2 Å². The molecule has 0 N–H and O–H groups in total. The third-order valence-electron chi connectivity index (χ3n) is 4.86. The van der Waals surface area contributed by atoms with Gasteiger partial charge in [-0.15, -0.1) is 0 Å². The predicted molar refractivity (Wildman–Crippen MR) is 123 cm³/mol. The fourth-order valence-corrected chi connectivity index (χ4v) is 4.81. The van der Waals surface area contributed by atoms with Gasteiger partial charge in [-0.3, -0.25) is 4.79 Å². The maximum Gasteiger partial charge on any atom is 0.345 e. The normalized spacial score (nSPS) is 11.4. The molecule has 3 aromatic rings. The first kappa shape index (κ1) is 23.7. The SMILES string of the molecule is CCN(CC)S(=O)(=O)c1ccc(Cl)c(C(=O)Oc2ccc(C(=O)c3ccccc3)cc2)c1. The smallest absolute Gasteiger partial charge is 0.345 e. The van der Waals surface area contributed by atoms with Gasteiger partial charge >= 0.3 is 5.97 Å². The number of rotatable bonds is 8. The molecule has 0 aliphatic heterocycles. The summed E-state index contributed by atoms with van der Waals surface area (Å²) in [5, 5.41) is 0.0735. The highest BCUT2D eigenvalue weighted by Gasteiger charge is 2.24. The number of benzene rings is 3. The van der Waals surface area contributed by atoms with Crippen molar-refractivity contribution >= 4 is 33.4 Å². The largest absolute Gasteiger partial charge is 0.423 e. The van der Waals surface area contributed by atoms with E-state index in [0.29, 0.717) is 24.2 Å². The van der Waals surface area contributed by atoms with E-state index in [9.17, 15) is 18.0 Å². The zero-order valence-electron chi connectivity index (χ0n) is 17.6. The van der Waals surface area contributed by atoms with E-state index in [1.54, 1.807) is 50.2 Å². The molecule has 32 heavy (non-hydrogen) atoms. The molecule has 0 aliphatic rings. The monoisotopic (exact) mass is 471 g/mol. The maximum absolute atomic E-state index is 12.8. The Kier molecular flexibility index (Phi) is 7.45. The lowest BCUT2D eigenvalue weighted by Gasteiger charge is -2.19. The van der Waals surface area contributed by atoms with Crippen molar-refractivity contribution in [3.8, 4) is 5.75 Å². The second-order valence-electron chi connectivity index (χ2n) is 6.84. The van der Waals surface area contributed by atoms with Gasteiger partial charge in [0.1, 0.15) is 5.75 Å².